The number of ether oxygens (including phenoxy) is 2. The lowest BCUT2D eigenvalue weighted by Gasteiger charge is -2.29. The zero-order valence-electron chi connectivity index (χ0n) is 14.4. The van der Waals surface area contributed by atoms with Crippen LogP contribution in [0.25, 0.3) is 0 Å². The SMILES string of the molecule is COc1ccc(N=C(NC(=O)c2ccc(Cl)cc2)N2CCOCC2)cc1. The molecule has 1 N–H and O–H groups in total. The Balaban J connectivity index is 1.83. The van der Waals surface area contributed by atoms with Gasteiger partial charge in [0.25, 0.3) is 5.91 Å². The highest BCUT2D eigenvalue weighted by Crippen LogP contribution is 2.18. The second-order valence-electron chi connectivity index (χ2n) is 5.69. The molecule has 3 rings (SSSR count). The molecular weight excluding hydrogens is 354 g/mol. The molecule has 1 heterocycles. The minimum Gasteiger partial charge on any atom is -0.497 e. The van der Waals surface area contributed by atoms with Gasteiger partial charge in [0.15, 0.2) is 0 Å². The molecule has 1 aliphatic rings. The number of rotatable bonds is 3. The molecule has 0 bridgehead atoms. The molecule has 2 aromatic rings. The fourth-order valence-corrected chi connectivity index (χ4v) is 2.63. The largest absolute Gasteiger partial charge is 0.497 e. The summed E-state index contributed by atoms with van der Waals surface area (Å²) in [7, 11) is 1.61. The second-order valence-corrected chi connectivity index (χ2v) is 6.13. The van der Waals surface area contributed by atoms with Crippen LogP contribution in [0.15, 0.2) is 53.5 Å². The predicted octanol–water partition coefficient (Wildman–Crippen LogP) is 3.10. The first-order chi connectivity index (χ1) is 12.7. The molecule has 1 aliphatic heterocycles. The van der Waals surface area contributed by atoms with E-state index in [-0.39, 0.29) is 5.91 Å². The summed E-state index contributed by atoms with van der Waals surface area (Å²) < 4.78 is 10.6. The zero-order chi connectivity index (χ0) is 18.4. The molecule has 0 aliphatic carbocycles. The van der Waals surface area contributed by atoms with E-state index < -0.39 is 0 Å². The molecule has 1 fully saturated rings. The van der Waals surface area contributed by atoms with Gasteiger partial charge in [0, 0.05) is 23.7 Å². The molecule has 136 valence electrons. The topological polar surface area (TPSA) is 63.2 Å². The number of halogens is 1. The van der Waals surface area contributed by atoms with E-state index in [0.29, 0.717) is 42.8 Å². The van der Waals surface area contributed by atoms with Crippen LogP contribution < -0.4 is 10.1 Å². The Morgan fingerprint density at radius 2 is 1.77 bits per heavy atom. The van der Waals surface area contributed by atoms with Crippen LogP contribution in [0, 0.1) is 0 Å². The predicted molar refractivity (Wildman–Crippen MR) is 101 cm³/mol. The van der Waals surface area contributed by atoms with Gasteiger partial charge in [-0.3, -0.25) is 10.1 Å². The third-order valence-electron chi connectivity index (χ3n) is 3.95. The van der Waals surface area contributed by atoms with Crippen molar-refractivity contribution in [3.8, 4) is 5.75 Å². The minimum atomic E-state index is -0.236. The number of amides is 1. The van der Waals surface area contributed by atoms with Gasteiger partial charge in [0.2, 0.25) is 5.96 Å². The van der Waals surface area contributed by atoms with E-state index in [1.807, 2.05) is 29.2 Å². The Morgan fingerprint density at radius 3 is 2.38 bits per heavy atom. The van der Waals surface area contributed by atoms with Crippen molar-refractivity contribution < 1.29 is 14.3 Å². The third-order valence-corrected chi connectivity index (χ3v) is 4.20. The van der Waals surface area contributed by atoms with Crippen molar-refractivity contribution in [2.45, 2.75) is 0 Å². The average Bonchev–Trinajstić information content (AvgIpc) is 2.69. The van der Waals surface area contributed by atoms with Gasteiger partial charge in [0.05, 0.1) is 26.0 Å². The van der Waals surface area contributed by atoms with Gasteiger partial charge in [-0.15, -0.1) is 0 Å². The maximum Gasteiger partial charge on any atom is 0.257 e. The van der Waals surface area contributed by atoms with E-state index in [9.17, 15) is 4.79 Å². The van der Waals surface area contributed by atoms with Gasteiger partial charge in [-0.1, -0.05) is 11.6 Å². The normalized spacial score (nSPS) is 14.8. The van der Waals surface area contributed by atoms with Crippen LogP contribution in [0.1, 0.15) is 10.4 Å². The monoisotopic (exact) mass is 373 g/mol. The Bertz CT molecular complexity index is 770. The molecule has 0 unspecified atom stereocenters. The average molecular weight is 374 g/mol. The molecule has 1 saturated heterocycles. The van der Waals surface area contributed by atoms with Crippen molar-refractivity contribution in [3.63, 3.8) is 0 Å². The highest BCUT2D eigenvalue weighted by atomic mass is 35.5. The van der Waals surface area contributed by atoms with Crippen LogP contribution in [0.4, 0.5) is 5.69 Å². The van der Waals surface area contributed by atoms with E-state index >= 15 is 0 Å². The molecule has 1 amide bonds. The van der Waals surface area contributed by atoms with Crippen molar-refractivity contribution >= 4 is 29.2 Å². The molecule has 0 atom stereocenters. The molecule has 0 saturated carbocycles. The van der Waals surface area contributed by atoms with Crippen molar-refractivity contribution in [1.29, 1.82) is 0 Å². The lowest BCUT2D eigenvalue weighted by atomic mass is 10.2. The Kier molecular flexibility index (Phi) is 6.09. The number of nitrogens with zero attached hydrogens (tertiary/aromatic N) is 2. The van der Waals surface area contributed by atoms with Crippen LogP contribution in [0.5, 0.6) is 5.75 Å². The number of methoxy groups -OCH3 is 1. The lowest BCUT2D eigenvalue weighted by molar-refractivity contribution is 0.0657. The molecule has 0 aromatic heterocycles. The number of guanidine groups is 1. The van der Waals surface area contributed by atoms with E-state index in [1.165, 1.54) is 0 Å². The Morgan fingerprint density at radius 1 is 1.12 bits per heavy atom. The quantitative estimate of drug-likeness (QED) is 0.663. The molecule has 6 nitrogen and oxygen atoms in total. The number of hydrogen-bond donors (Lipinski definition) is 1. The number of hydrogen-bond acceptors (Lipinski definition) is 4. The van der Waals surface area contributed by atoms with Gasteiger partial charge >= 0.3 is 0 Å². The molecule has 7 heteroatoms. The van der Waals surface area contributed by atoms with E-state index in [0.717, 1.165) is 11.4 Å². The summed E-state index contributed by atoms with van der Waals surface area (Å²) in [5.74, 6) is 1.01. The summed E-state index contributed by atoms with van der Waals surface area (Å²) in [6.07, 6.45) is 0. The number of carbonyl (C=O) groups excluding carboxylic acids is 1. The summed E-state index contributed by atoms with van der Waals surface area (Å²) in [6.45, 7) is 2.52. The maximum atomic E-state index is 12.6. The number of aliphatic imine (C=N–C) groups is 1. The van der Waals surface area contributed by atoms with Crippen LogP contribution in [0.2, 0.25) is 5.02 Å². The van der Waals surface area contributed by atoms with Gasteiger partial charge in [-0.25, -0.2) is 4.99 Å². The van der Waals surface area contributed by atoms with Crippen LogP contribution in [-0.2, 0) is 4.74 Å². The van der Waals surface area contributed by atoms with Crippen molar-refractivity contribution in [3.05, 3.63) is 59.1 Å². The van der Waals surface area contributed by atoms with E-state index in [1.54, 1.807) is 31.4 Å². The molecule has 2 aromatic carbocycles. The van der Waals surface area contributed by atoms with Crippen molar-refractivity contribution in [2.24, 2.45) is 4.99 Å². The van der Waals surface area contributed by atoms with Gasteiger partial charge in [-0.2, -0.15) is 0 Å². The third kappa shape index (κ3) is 4.74. The highest BCUT2D eigenvalue weighted by molar-refractivity contribution is 6.30. The Labute approximate surface area is 157 Å². The number of carbonyl (C=O) groups is 1. The number of morpholine rings is 1. The highest BCUT2D eigenvalue weighted by Gasteiger charge is 2.18. The molecule has 0 radical (unpaired) electrons. The van der Waals surface area contributed by atoms with Crippen LogP contribution in [-0.4, -0.2) is 50.2 Å². The summed E-state index contributed by atoms with van der Waals surface area (Å²) >= 11 is 5.89. The lowest BCUT2D eigenvalue weighted by Crippen LogP contribution is -2.48. The number of benzene rings is 2. The Hall–Kier alpha value is -2.57. The molecule has 0 spiro atoms. The van der Waals surface area contributed by atoms with Gasteiger partial charge in [0.1, 0.15) is 5.75 Å². The molecular formula is C19H20ClN3O3. The summed E-state index contributed by atoms with van der Waals surface area (Å²) in [4.78, 5) is 19.2. The second kappa shape index (κ2) is 8.69. The minimum absolute atomic E-state index is 0.236. The fraction of sp³-hybridized carbons (Fsp3) is 0.263. The van der Waals surface area contributed by atoms with Crippen LogP contribution >= 0.6 is 11.6 Å². The van der Waals surface area contributed by atoms with E-state index in [2.05, 4.69) is 10.3 Å². The van der Waals surface area contributed by atoms with Gasteiger partial charge < -0.3 is 14.4 Å². The van der Waals surface area contributed by atoms with Crippen LogP contribution in [0.3, 0.4) is 0 Å². The van der Waals surface area contributed by atoms with Crippen molar-refractivity contribution in [1.82, 2.24) is 10.2 Å². The summed E-state index contributed by atoms with van der Waals surface area (Å²) in [6, 6.07) is 14.1. The zero-order valence-corrected chi connectivity index (χ0v) is 15.2. The van der Waals surface area contributed by atoms with Crippen molar-refractivity contribution in [2.75, 3.05) is 33.4 Å². The summed E-state index contributed by atoms with van der Waals surface area (Å²) in [5, 5.41) is 3.49. The first kappa shape index (κ1) is 18.2. The number of nitrogens with one attached hydrogen (secondary N) is 1. The smallest absolute Gasteiger partial charge is 0.257 e. The fourth-order valence-electron chi connectivity index (χ4n) is 2.51. The molecule has 26 heavy (non-hydrogen) atoms. The van der Waals surface area contributed by atoms with E-state index in [4.69, 9.17) is 21.1 Å². The first-order valence-electron chi connectivity index (χ1n) is 8.28. The first-order valence-corrected chi connectivity index (χ1v) is 8.66. The maximum absolute atomic E-state index is 12.6. The van der Waals surface area contributed by atoms with Gasteiger partial charge in [-0.05, 0) is 48.5 Å². The summed E-state index contributed by atoms with van der Waals surface area (Å²) in [5.41, 5.74) is 1.24. The standard InChI is InChI=1S/C19H20ClN3O3/c1-25-17-8-6-16(7-9-17)21-19(23-10-12-26-13-11-23)22-18(24)14-2-4-15(20)5-3-14/h2-9H,10-13H2,1H3,(H,21,22,24).